The Bertz CT molecular complexity index is 1070. The third kappa shape index (κ3) is 4.85. The number of nitrogens with zero attached hydrogens (tertiary/aromatic N) is 1. The number of carbonyl (C=O) groups excluding carboxylic acids is 2. The average molecular weight is 458 g/mol. The lowest BCUT2D eigenvalue weighted by molar-refractivity contribution is 0.0474. The summed E-state index contributed by atoms with van der Waals surface area (Å²) in [5, 5.41) is -0.348. The molecule has 0 atom stereocenters. The maximum atomic E-state index is 13.3. The fraction of sp³-hybridized carbons (Fsp3) is 0.300. The smallest absolute Gasteiger partial charge is 0.340 e. The van der Waals surface area contributed by atoms with Gasteiger partial charge in [-0.25, -0.2) is 22.0 Å². The molecule has 2 aromatic rings. The minimum atomic E-state index is -3.62. The molecular formula is C20H18ClF2NO5S. The van der Waals surface area contributed by atoms with Gasteiger partial charge in [0.05, 0.1) is 15.5 Å². The fourth-order valence-corrected chi connectivity index (χ4v) is 4.78. The molecule has 0 saturated carbocycles. The van der Waals surface area contributed by atoms with Crippen LogP contribution >= 0.6 is 11.6 Å². The van der Waals surface area contributed by atoms with Crippen LogP contribution in [0.2, 0.25) is 5.02 Å². The minimum absolute atomic E-state index is 0.0755. The molecule has 0 bridgehead atoms. The molecule has 1 heterocycles. The van der Waals surface area contributed by atoms with Crippen molar-refractivity contribution in [1.82, 2.24) is 4.31 Å². The van der Waals surface area contributed by atoms with Crippen molar-refractivity contribution in [3.05, 3.63) is 64.2 Å². The minimum Gasteiger partial charge on any atom is -0.454 e. The van der Waals surface area contributed by atoms with E-state index in [4.69, 9.17) is 16.3 Å². The van der Waals surface area contributed by atoms with Gasteiger partial charge in [0.2, 0.25) is 10.0 Å². The van der Waals surface area contributed by atoms with Crippen LogP contribution in [0.25, 0.3) is 0 Å². The number of piperidine rings is 1. The number of halogens is 3. The first-order valence-electron chi connectivity index (χ1n) is 9.15. The molecule has 3 rings (SSSR count). The van der Waals surface area contributed by atoms with Gasteiger partial charge in [0.25, 0.3) is 0 Å². The first kappa shape index (κ1) is 22.3. The van der Waals surface area contributed by atoms with Gasteiger partial charge in [-0.1, -0.05) is 18.0 Å². The van der Waals surface area contributed by atoms with E-state index >= 15 is 0 Å². The maximum absolute atomic E-state index is 13.3. The van der Waals surface area contributed by atoms with Crippen LogP contribution < -0.4 is 0 Å². The number of Topliss-reactive ketones (excluding diaryl/α,β-unsaturated/α-hetero) is 1. The summed E-state index contributed by atoms with van der Waals surface area (Å²) < 4.78 is 57.9. The van der Waals surface area contributed by atoms with Crippen LogP contribution in [0.15, 0.2) is 41.3 Å². The van der Waals surface area contributed by atoms with Gasteiger partial charge < -0.3 is 4.74 Å². The second-order valence-electron chi connectivity index (χ2n) is 6.73. The van der Waals surface area contributed by atoms with E-state index in [2.05, 4.69) is 0 Å². The highest BCUT2D eigenvalue weighted by Crippen LogP contribution is 2.22. The molecular weight excluding hydrogens is 440 g/mol. The number of hydrogen-bond acceptors (Lipinski definition) is 5. The molecule has 0 spiro atoms. The number of rotatable bonds is 6. The molecule has 1 fully saturated rings. The van der Waals surface area contributed by atoms with E-state index in [0.29, 0.717) is 25.2 Å². The molecule has 1 aliphatic rings. The van der Waals surface area contributed by atoms with Crippen LogP contribution in [0.4, 0.5) is 8.78 Å². The molecule has 160 valence electrons. The van der Waals surface area contributed by atoms with Crippen molar-refractivity contribution in [2.24, 2.45) is 0 Å². The highest BCUT2D eigenvalue weighted by atomic mass is 35.5. The van der Waals surface area contributed by atoms with E-state index in [9.17, 15) is 26.8 Å². The zero-order valence-corrected chi connectivity index (χ0v) is 17.3. The molecule has 2 aromatic carbocycles. The Labute approximate surface area is 177 Å². The second kappa shape index (κ2) is 9.20. The zero-order valence-electron chi connectivity index (χ0n) is 15.7. The summed E-state index contributed by atoms with van der Waals surface area (Å²) in [5.74, 6) is -4.17. The molecule has 10 heteroatoms. The molecule has 6 nitrogen and oxygen atoms in total. The standard InChI is InChI=1S/C20H18ClF2NO5S/c21-16-11-18(23)17(22)10-15(16)20(26)29-12-19(25)13-4-6-14(7-5-13)30(27,28)24-8-2-1-3-9-24/h4-7,10-11H,1-3,8-9,12H2. The normalized spacial score (nSPS) is 15.0. The number of benzene rings is 2. The highest BCUT2D eigenvalue weighted by Gasteiger charge is 2.26. The summed E-state index contributed by atoms with van der Waals surface area (Å²) in [5.41, 5.74) is -0.275. The van der Waals surface area contributed by atoms with Gasteiger partial charge in [0, 0.05) is 18.7 Å². The van der Waals surface area contributed by atoms with Crippen molar-refractivity contribution >= 4 is 33.4 Å². The summed E-state index contributed by atoms with van der Waals surface area (Å²) in [6.07, 6.45) is 2.61. The number of sulfonamides is 1. The van der Waals surface area contributed by atoms with E-state index in [-0.39, 0.29) is 15.5 Å². The van der Waals surface area contributed by atoms with Crippen molar-refractivity contribution in [2.45, 2.75) is 24.2 Å². The van der Waals surface area contributed by atoms with Gasteiger partial charge in [-0.3, -0.25) is 4.79 Å². The van der Waals surface area contributed by atoms with Gasteiger partial charge in [-0.2, -0.15) is 4.31 Å². The van der Waals surface area contributed by atoms with Crippen molar-refractivity contribution < 1.29 is 31.5 Å². The maximum Gasteiger partial charge on any atom is 0.340 e. The van der Waals surface area contributed by atoms with Crippen LogP contribution in [0.5, 0.6) is 0 Å². The van der Waals surface area contributed by atoms with Gasteiger partial charge in [-0.15, -0.1) is 0 Å². The predicted octanol–water partition coefficient (Wildman–Crippen LogP) is 3.83. The quantitative estimate of drug-likeness (QED) is 0.374. The van der Waals surface area contributed by atoms with Crippen molar-refractivity contribution in [3.63, 3.8) is 0 Å². The lowest BCUT2D eigenvalue weighted by Gasteiger charge is -2.25. The second-order valence-corrected chi connectivity index (χ2v) is 9.08. The molecule has 1 saturated heterocycles. The molecule has 0 aliphatic carbocycles. The zero-order chi connectivity index (χ0) is 21.9. The molecule has 1 aliphatic heterocycles. The molecule has 0 radical (unpaired) electrons. The summed E-state index contributed by atoms with van der Waals surface area (Å²) in [7, 11) is -3.62. The summed E-state index contributed by atoms with van der Waals surface area (Å²) in [6, 6.07) is 6.53. The van der Waals surface area contributed by atoms with Crippen molar-refractivity contribution in [1.29, 1.82) is 0 Å². The van der Waals surface area contributed by atoms with Crippen molar-refractivity contribution in [3.8, 4) is 0 Å². The van der Waals surface area contributed by atoms with E-state index in [1.54, 1.807) is 0 Å². The first-order chi connectivity index (χ1) is 14.2. The average Bonchev–Trinajstić information content (AvgIpc) is 2.75. The first-order valence-corrected chi connectivity index (χ1v) is 11.0. The Balaban J connectivity index is 1.65. The van der Waals surface area contributed by atoms with Gasteiger partial charge in [0.1, 0.15) is 0 Å². The van der Waals surface area contributed by atoms with Crippen molar-refractivity contribution in [2.75, 3.05) is 19.7 Å². The summed E-state index contributed by atoms with van der Waals surface area (Å²) >= 11 is 5.70. The largest absolute Gasteiger partial charge is 0.454 e. The SMILES string of the molecule is O=C(COC(=O)c1cc(F)c(F)cc1Cl)c1ccc(S(=O)(=O)N2CCCCC2)cc1. The lowest BCUT2D eigenvalue weighted by Crippen LogP contribution is -2.35. The Morgan fingerprint density at radius 1 is 1.00 bits per heavy atom. The predicted molar refractivity (Wildman–Crippen MR) is 105 cm³/mol. The van der Waals surface area contributed by atoms with Crippen LogP contribution in [0.1, 0.15) is 40.0 Å². The number of ketones is 1. The Morgan fingerprint density at radius 3 is 2.23 bits per heavy atom. The fourth-order valence-electron chi connectivity index (χ4n) is 3.04. The number of esters is 1. The van der Waals surface area contributed by atoms with E-state index in [1.165, 1.54) is 28.6 Å². The third-order valence-corrected chi connectivity index (χ3v) is 6.92. The Morgan fingerprint density at radius 2 is 1.60 bits per heavy atom. The molecule has 0 aromatic heterocycles. The Hall–Kier alpha value is -2.36. The van der Waals surface area contributed by atoms with Crippen LogP contribution in [0.3, 0.4) is 0 Å². The van der Waals surface area contributed by atoms with Crippen LogP contribution in [-0.4, -0.2) is 44.2 Å². The number of ether oxygens (including phenoxy) is 1. The number of carbonyl (C=O) groups is 2. The van der Waals surface area contributed by atoms with Gasteiger partial charge >= 0.3 is 5.97 Å². The molecule has 0 N–H and O–H groups in total. The van der Waals surface area contributed by atoms with E-state index < -0.39 is 45.6 Å². The lowest BCUT2D eigenvalue weighted by atomic mass is 10.1. The van der Waals surface area contributed by atoms with Gasteiger partial charge in [-0.05, 0) is 49.2 Å². The van der Waals surface area contributed by atoms with Crippen LogP contribution in [0, 0.1) is 11.6 Å². The summed E-state index contributed by atoms with van der Waals surface area (Å²) in [6.45, 7) is 0.253. The molecule has 30 heavy (non-hydrogen) atoms. The molecule has 0 unspecified atom stereocenters. The van der Waals surface area contributed by atoms with E-state index in [0.717, 1.165) is 19.3 Å². The monoisotopic (exact) mass is 457 g/mol. The molecule has 0 amide bonds. The highest BCUT2D eigenvalue weighted by molar-refractivity contribution is 7.89. The number of hydrogen-bond donors (Lipinski definition) is 0. The Kier molecular flexibility index (Phi) is 6.84. The third-order valence-electron chi connectivity index (χ3n) is 4.69. The topological polar surface area (TPSA) is 80.8 Å². The van der Waals surface area contributed by atoms with E-state index in [1.807, 2.05) is 0 Å². The summed E-state index contributed by atoms with van der Waals surface area (Å²) in [4.78, 5) is 24.3. The van der Waals surface area contributed by atoms with Crippen LogP contribution in [-0.2, 0) is 14.8 Å². The van der Waals surface area contributed by atoms with Gasteiger partial charge in [0.15, 0.2) is 24.0 Å².